The van der Waals surface area contributed by atoms with Gasteiger partial charge in [0.2, 0.25) is 5.95 Å². The lowest BCUT2D eigenvalue weighted by Crippen LogP contribution is -2.45. The molecular formula is C24H26N6O4. The fraction of sp³-hybridized carbons (Fsp3) is 0.375. The van der Waals surface area contributed by atoms with E-state index in [0.717, 1.165) is 18.4 Å². The molecule has 5 rings (SSSR count). The van der Waals surface area contributed by atoms with Gasteiger partial charge in [0.05, 0.1) is 29.2 Å². The van der Waals surface area contributed by atoms with Crippen molar-refractivity contribution < 1.29 is 19.8 Å². The largest absolute Gasteiger partial charge is 0.478 e. The lowest BCUT2D eigenvalue weighted by atomic mass is 10.0. The van der Waals surface area contributed by atoms with Crippen molar-refractivity contribution in [2.24, 2.45) is 0 Å². The molecule has 0 bridgehead atoms. The number of aromatic nitrogens is 4. The second-order valence-electron chi connectivity index (χ2n) is 8.96. The van der Waals surface area contributed by atoms with E-state index in [9.17, 15) is 19.8 Å². The van der Waals surface area contributed by atoms with Gasteiger partial charge in [-0.05, 0) is 44.2 Å². The summed E-state index contributed by atoms with van der Waals surface area (Å²) < 4.78 is 1.88. The third-order valence-electron chi connectivity index (χ3n) is 6.49. The molecule has 0 atom stereocenters. The molecule has 1 aliphatic heterocycles. The lowest BCUT2D eigenvalue weighted by Gasteiger charge is -2.33. The zero-order chi connectivity index (χ0) is 23.9. The predicted molar refractivity (Wildman–Crippen MR) is 124 cm³/mol. The number of carboxylic acids is 1. The maximum Gasteiger partial charge on any atom is 0.336 e. The Morgan fingerprint density at radius 3 is 2.59 bits per heavy atom. The van der Waals surface area contributed by atoms with Gasteiger partial charge in [-0.1, -0.05) is 18.2 Å². The Morgan fingerprint density at radius 1 is 1.15 bits per heavy atom. The van der Waals surface area contributed by atoms with Crippen LogP contribution in [0.5, 0.6) is 0 Å². The molecular weight excluding hydrogens is 436 g/mol. The highest BCUT2D eigenvalue weighted by atomic mass is 16.4. The number of aromatic carboxylic acids is 1. The number of benzene rings is 1. The first kappa shape index (κ1) is 22.0. The smallest absolute Gasteiger partial charge is 0.336 e. The third kappa shape index (κ3) is 4.24. The Labute approximate surface area is 196 Å². The van der Waals surface area contributed by atoms with Crippen molar-refractivity contribution in [3.05, 3.63) is 54.0 Å². The molecule has 3 aromatic rings. The van der Waals surface area contributed by atoms with Gasteiger partial charge in [0.25, 0.3) is 5.91 Å². The van der Waals surface area contributed by atoms with Crippen LogP contribution in [0.1, 0.15) is 47.6 Å². The van der Waals surface area contributed by atoms with E-state index >= 15 is 0 Å². The highest BCUT2D eigenvalue weighted by Gasteiger charge is 2.50. The molecule has 0 radical (unpaired) electrons. The van der Waals surface area contributed by atoms with Crippen molar-refractivity contribution in [1.29, 1.82) is 0 Å². The monoisotopic (exact) mass is 462 g/mol. The Kier molecular flexibility index (Phi) is 5.52. The van der Waals surface area contributed by atoms with Crippen LogP contribution in [0.25, 0.3) is 11.3 Å². The number of aryl methyl sites for hydroxylation is 1. The maximum atomic E-state index is 12.3. The van der Waals surface area contributed by atoms with Gasteiger partial charge in [-0.15, -0.1) is 0 Å². The molecule has 10 nitrogen and oxygen atoms in total. The molecule has 0 spiro atoms. The summed E-state index contributed by atoms with van der Waals surface area (Å²) in [4.78, 5) is 34.6. The summed E-state index contributed by atoms with van der Waals surface area (Å²) in [5.74, 6) is -0.813. The summed E-state index contributed by atoms with van der Waals surface area (Å²) in [6.45, 7) is 3.04. The molecule has 34 heavy (non-hydrogen) atoms. The van der Waals surface area contributed by atoms with Crippen LogP contribution in [-0.2, 0) is 4.79 Å². The van der Waals surface area contributed by atoms with Crippen molar-refractivity contribution >= 4 is 23.5 Å². The van der Waals surface area contributed by atoms with E-state index in [0.29, 0.717) is 48.8 Å². The zero-order valence-electron chi connectivity index (χ0n) is 18.8. The standard InChI is InChI=1S/C24H26N6O4/c1-15-12-25-23(28-20(15)18-4-2-3-5-19(18)21(31)32)27-16-13-26-30(14-16)17-6-10-29(11-7-17)22(33)24(34)8-9-24/h2-5,12-14,17,34H,6-11H2,1H3,(H,31,32)(H,25,27,28). The van der Waals surface area contributed by atoms with Gasteiger partial charge in [-0.2, -0.15) is 5.10 Å². The molecule has 3 heterocycles. The first-order chi connectivity index (χ1) is 16.3. The summed E-state index contributed by atoms with van der Waals surface area (Å²) in [6, 6.07) is 6.92. The fourth-order valence-electron chi connectivity index (χ4n) is 4.34. The SMILES string of the molecule is Cc1cnc(Nc2cnn(C3CCN(C(=O)C4(O)CC4)CC3)c2)nc1-c1ccccc1C(=O)O. The highest BCUT2D eigenvalue weighted by molar-refractivity contribution is 5.95. The molecule has 0 unspecified atom stereocenters. The topological polar surface area (TPSA) is 133 Å². The van der Waals surface area contributed by atoms with E-state index < -0.39 is 11.6 Å². The molecule has 2 aliphatic rings. The number of nitrogens with zero attached hydrogens (tertiary/aromatic N) is 5. The molecule has 2 aromatic heterocycles. The van der Waals surface area contributed by atoms with Gasteiger partial charge < -0.3 is 20.4 Å². The number of nitrogens with one attached hydrogen (secondary N) is 1. The quantitative estimate of drug-likeness (QED) is 0.509. The number of piperidine rings is 1. The van der Waals surface area contributed by atoms with Crippen LogP contribution in [0.4, 0.5) is 11.6 Å². The molecule has 2 fully saturated rings. The molecule has 1 aromatic carbocycles. The number of hydrogen-bond acceptors (Lipinski definition) is 7. The van der Waals surface area contributed by atoms with Crippen molar-refractivity contribution in [3.63, 3.8) is 0 Å². The second-order valence-corrected chi connectivity index (χ2v) is 8.96. The molecule has 176 valence electrons. The van der Waals surface area contributed by atoms with Crippen LogP contribution in [0.2, 0.25) is 0 Å². The van der Waals surface area contributed by atoms with Crippen molar-refractivity contribution in [3.8, 4) is 11.3 Å². The average molecular weight is 463 g/mol. The number of anilines is 2. The molecule has 1 saturated carbocycles. The first-order valence-electron chi connectivity index (χ1n) is 11.3. The molecule has 1 aliphatic carbocycles. The van der Waals surface area contributed by atoms with Gasteiger partial charge in [0.1, 0.15) is 5.60 Å². The number of carbonyl (C=O) groups is 2. The number of hydrogen-bond donors (Lipinski definition) is 3. The molecule has 10 heteroatoms. The third-order valence-corrected chi connectivity index (χ3v) is 6.49. The van der Waals surface area contributed by atoms with E-state index in [1.165, 1.54) is 0 Å². The van der Waals surface area contributed by atoms with E-state index in [-0.39, 0.29) is 17.5 Å². The molecule has 1 saturated heterocycles. The van der Waals surface area contributed by atoms with Crippen LogP contribution < -0.4 is 5.32 Å². The summed E-state index contributed by atoms with van der Waals surface area (Å²) in [5, 5.41) is 27.2. The Bertz CT molecular complexity index is 1240. The molecule has 3 N–H and O–H groups in total. The summed E-state index contributed by atoms with van der Waals surface area (Å²) in [7, 11) is 0. The van der Waals surface area contributed by atoms with Crippen LogP contribution in [0.3, 0.4) is 0 Å². The number of carboxylic acid groups (broad SMARTS) is 1. The van der Waals surface area contributed by atoms with Gasteiger partial charge in [0.15, 0.2) is 0 Å². The predicted octanol–water partition coefficient (Wildman–Crippen LogP) is 2.78. The van der Waals surface area contributed by atoms with Crippen LogP contribution in [-0.4, -0.2) is 65.4 Å². The summed E-state index contributed by atoms with van der Waals surface area (Å²) in [6.07, 6.45) is 7.88. The van der Waals surface area contributed by atoms with Crippen molar-refractivity contribution in [1.82, 2.24) is 24.6 Å². The Morgan fingerprint density at radius 2 is 1.88 bits per heavy atom. The van der Waals surface area contributed by atoms with Crippen LogP contribution in [0.15, 0.2) is 42.9 Å². The number of aliphatic hydroxyl groups is 1. The summed E-state index contributed by atoms with van der Waals surface area (Å²) >= 11 is 0. The van der Waals surface area contributed by atoms with E-state index in [2.05, 4.69) is 20.4 Å². The maximum absolute atomic E-state index is 12.3. The van der Waals surface area contributed by atoms with Gasteiger partial charge in [-0.25, -0.2) is 14.8 Å². The van der Waals surface area contributed by atoms with E-state index in [1.54, 1.807) is 41.6 Å². The second kappa shape index (κ2) is 8.53. The van der Waals surface area contributed by atoms with Crippen LogP contribution in [0, 0.1) is 6.92 Å². The van der Waals surface area contributed by atoms with Gasteiger partial charge in [0, 0.05) is 31.0 Å². The number of likely N-dealkylation sites (tertiary alicyclic amines) is 1. The number of rotatable bonds is 6. The number of amides is 1. The minimum Gasteiger partial charge on any atom is -0.478 e. The van der Waals surface area contributed by atoms with Crippen LogP contribution >= 0.6 is 0 Å². The summed E-state index contributed by atoms with van der Waals surface area (Å²) in [5.41, 5.74) is 1.64. The van der Waals surface area contributed by atoms with Crippen molar-refractivity contribution in [2.75, 3.05) is 18.4 Å². The Balaban J connectivity index is 1.28. The van der Waals surface area contributed by atoms with Gasteiger partial charge in [-0.3, -0.25) is 9.48 Å². The minimum atomic E-state index is -1.12. The number of carbonyl (C=O) groups excluding carboxylic acids is 1. The van der Waals surface area contributed by atoms with Gasteiger partial charge >= 0.3 is 5.97 Å². The van der Waals surface area contributed by atoms with E-state index in [4.69, 9.17) is 0 Å². The normalized spacial score (nSPS) is 17.4. The first-order valence-corrected chi connectivity index (χ1v) is 11.3. The minimum absolute atomic E-state index is 0.148. The van der Waals surface area contributed by atoms with Crippen molar-refractivity contribution in [2.45, 2.75) is 44.2 Å². The fourth-order valence-corrected chi connectivity index (χ4v) is 4.34. The molecule has 1 amide bonds. The average Bonchev–Trinajstić information content (AvgIpc) is 3.43. The van der Waals surface area contributed by atoms with E-state index in [1.807, 2.05) is 17.8 Å². The zero-order valence-corrected chi connectivity index (χ0v) is 18.8. The highest BCUT2D eigenvalue weighted by Crippen LogP contribution is 2.38. The Hall–Kier alpha value is -3.79. The lowest BCUT2D eigenvalue weighted by molar-refractivity contribution is -0.143.